The highest BCUT2D eigenvalue weighted by Crippen LogP contribution is 2.23. The molecule has 0 atom stereocenters. The van der Waals surface area contributed by atoms with Crippen molar-refractivity contribution in [2.75, 3.05) is 27.2 Å². The molecule has 1 aromatic heterocycles. The Bertz CT molecular complexity index is 743. The van der Waals surface area contributed by atoms with Crippen molar-refractivity contribution in [3.63, 3.8) is 0 Å². The van der Waals surface area contributed by atoms with Crippen LogP contribution in [0.2, 0.25) is 5.02 Å². The first-order valence-corrected chi connectivity index (χ1v) is 8.43. The summed E-state index contributed by atoms with van der Waals surface area (Å²) in [4.78, 5) is 14.2. The molecule has 0 aliphatic carbocycles. The molecule has 0 saturated carbocycles. The van der Waals surface area contributed by atoms with E-state index in [2.05, 4.69) is 10.4 Å². The van der Waals surface area contributed by atoms with Gasteiger partial charge in [0.15, 0.2) is 0 Å². The number of benzene rings is 1. The molecule has 2 aromatic rings. The summed E-state index contributed by atoms with van der Waals surface area (Å²) >= 11 is 6.23. The van der Waals surface area contributed by atoms with Crippen molar-refractivity contribution in [2.45, 2.75) is 27.2 Å². The number of amides is 1. The Balaban J connectivity index is 0.00000312. The largest absolute Gasteiger partial charge is 0.344 e. The van der Waals surface area contributed by atoms with Crippen molar-refractivity contribution < 1.29 is 4.79 Å². The first-order chi connectivity index (χ1) is 11.3. The second kappa shape index (κ2) is 9.22. The van der Waals surface area contributed by atoms with Crippen molar-refractivity contribution in [3.05, 3.63) is 45.7 Å². The molecule has 0 bridgehead atoms. The number of nitrogens with zero attached hydrogens (tertiary/aromatic N) is 3. The van der Waals surface area contributed by atoms with Gasteiger partial charge in [-0.1, -0.05) is 17.7 Å². The number of hydrogen-bond acceptors (Lipinski definition) is 3. The Morgan fingerprint density at radius 3 is 2.60 bits per heavy atom. The molecule has 1 aromatic carbocycles. The van der Waals surface area contributed by atoms with Gasteiger partial charge in [-0.25, -0.2) is 4.68 Å². The van der Waals surface area contributed by atoms with Gasteiger partial charge >= 0.3 is 0 Å². The highest BCUT2D eigenvalue weighted by Gasteiger charge is 2.18. The SMILES string of the molecule is CNCCN(C)C(=O)Cc1c(C)nn(-c2ccc(C)c(Cl)c2)c1C.Cl. The van der Waals surface area contributed by atoms with Gasteiger partial charge < -0.3 is 10.2 Å². The first-order valence-electron chi connectivity index (χ1n) is 8.05. The molecule has 0 spiro atoms. The predicted molar refractivity (Wildman–Crippen MR) is 105 cm³/mol. The Labute approximate surface area is 160 Å². The van der Waals surface area contributed by atoms with Crippen LogP contribution in [0.3, 0.4) is 0 Å². The predicted octanol–water partition coefficient (Wildman–Crippen LogP) is 3.09. The van der Waals surface area contributed by atoms with Crippen LogP contribution in [-0.2, 0) is 11.2 Å². The van der Waals surface area contributed by atoms with Gasteiger partial charge in [-0.05, 0) is 45.5 Å². The quantitative estimate of drug-likeness (QED) is 0.832. The van der Waals surface area contributed by atoms with Gasteiger partial charge in [0.2, 0.25) is 5.91 Å². The van der Waals surface area contributed by atoms with Gasteiger partial charge in [-0.2, -0.15) is 5.10 Å². The minimum absolute atomic E-state index is 0. The average molecular weight is 385 g/mol. The third kappa shape index (κ3) is 4.97. The minimum Gasteiger partial charge on any atom is -0.344 e. The molecule has 0 unspecified atom stereocenters. The minimum atomic E-state index is 0. The number of rotatable bonds is 6. The van der Waals surface area contributed by atoms with Crippen molar-refractivity contribution in [3.8, 4) is 5.69 Å². The van der Waals surface area contributed by atoms with E-state index < -0.39 is 0 Å². The van der Waals surface area contributed by atoms with Crippen molar-refractivity contribution in [1.29, 1.82) is 0 Å². The van der Waals surface area contributed by atoms with Crippen molar-refractivity contribution >= 4 is 29.9 Å². The van der Waals surface area contributed by atoms with Crippen LogP contribution in [0.4, 0.5) is 0 Å². The molecule has 0 aliphatic heterocycles. The number of likely N-dealkylation sites (N-methyl/N-ethyl adjacent to an activating group) is 2. The van der Waals surface area contributed by atoms with Crippen molar-refractivity contribution in [2.24, 2.45) is 0 Å². The van der Waals surface area contributed by atoms with Gasteiger partial charge in [0.05, 0.1) is 17.8 Å². The summed E-state index contributed by atoms with van der Waals surface area (Å²) in [6.07, 6.45) is 0.359. The van der Waals surface area contributed by atoms with E-state index in [9.17, 15) is 4.79 Å². The summed E-state index contributed by atoms with van der Waals surface area (Å²) in [5.74, 6) is 0.0953. The Morgan fingerprint density at radius 2 is 2.00 bits per heavy atom. The summed E-state index contributed by atoms with van der Waals surface area (Å²) in [5, 5.41) is 8.37. The summed E-state index contributed by atoms with van der Waals surface area (Å²) in [7, 11) is 3.71. The van der Waals surface area contributed by atoms with Crippen LogP contribution in [0.15, 0.2) is 18.2 Å². The maximum absolute atomic E-state index is 12.4. The zero-order valence-corrected chi connectivity index (χ0v) is 17.0. The maximum atomic E-state index is 12.4. The van der Waals surface area contributed by atoms with Crippen LogP contribution >= 0.6 is 24.0 Å². The lowest BCUT2D eigenvalue weighted by molar-refractivity contribution is -0.129. The van der Waals surface area contributed by atoms with Crippen LogP contribution in [0.5, 0.6) is 0 Å². The maximum Gasteiger partial charge on any atom is 0.226 e. The van der Waals surface area contributed by atoms with Crippen molar-refractivity contribution in [1.82, 2.24) is 20.0 Å². The standard InChI is InChI=1S/C18H25ClN4O.ClH/c1-12-6-7-15(10-17(12)19)23-14(3)16(13(2)21-23)11-18(24)22(5)9-8-20-4;/h6-7,10,20H,8-9,11H2,1-5H3;1H. The molecule has 2 rings (SSSR count). The Hall–Kier alpha value is -1.56. The summed E-state index contributed by atoms with van der Waals surface area (Å²) in [5.41, 5.74) is 4.77. The van der Waals surface area contributed by atoms with Gasteiger partial charge in [-0.3, -0.25) is 4.79 Å². The average Bonchev–Trinajstić information content (AvgIpc) is 2.83. The van der Waals surface area contributed by atoms with Gasteiger partial charge in [0.1, 0.15) is 0 Å². The highest BCUT2D eigenvalue weighted by molar-refractivity contribution is 6.31. The number of aryl methyl sites for hydroxylation is 2. The summed E-state index contributed by atoms with van der Waals surface area (Å²) in [6.45, 7) is 7.37. The zero-order chi connectivity index (χ0) is 17.9. The van der Waals surface area contributed by atoms with Gasteiger partial charge in [0, 0.05) is 36.4 Å². The molecule has 1 amide bonds. The first kappa shape index (κ1) is 21.5. The molecular formula is C18H26Cl2N4O. The Kier molecular flexibility index (Phi) is 7.93. The number of carbonyl (C=O) groups excluding carboxylic acids is 1. The van der Waals surface area contributed by atoms with E-state index >= 15 is 0 Å². The zero-order valence-electron chi connectivity index (χ0n) is 15.4. The van der Waals surface area contributed by atoms with E-state index in [-0.39, 0.29) is 18.3 Å². The molecule has 0 aliphatic rings. The number of carbonyl (C=O) groups is 1. The topological polar surface area (TPSA) is 50.2 Å². The molecule has 7 heteroatoms. The van der Waals surface area contributed by atoms with E-state index in [0.717, 1.165) is 34.7 Å². The van der Waals surface area contributed by atoms with Crippen LogP contribution in [0, 0.1) is 20.8 Å². The molecule has 0 radical (unpaired) electrons. The van der Waals surface area contributed by atoms with Crippen LogP contribution in [0.25, 0.3) is 5.69 Å². The molecule has 0 fully saturated rings. The number of halogens is 2. The molecule has 25 heavy (non-hydrogen) atoms. The molecule has 0 saturated heterocycles. The van der Waals surface area contributed by atoms with Gasteiger partial charge in [0.25, 0.3) is 0 Å². The third-order valence-electron chi connectivity index (χ3n) is 4.29. The summed E-state index contributed by atoms with van der Waals surface area (Å²) in [6, 6.07) is 5.87. The fourth-order valence-electron chi connectivity index (χ4n) is 2.59. The lowest BCUT2D eigenvalue weighted by Gasteiger charge is -2.17. The lowest BCUT2D eigenvalue weighted by atomic mass is 10.1. The second-order valence-electron chi connectivity index (χ2n) is 6.09. The molecule has 5 nitrogen and oxygen atoms in total. The second-order valence-corrected chi connectivity index (χ2v) is 6.50. The van der Waals surface area contributed by atoms with Crippen LogP contribution in [-0.4, -0.2) is 47.8 Å². The molecule has 1 N–H and O–H groups in total. The van der Waals surface area contributed by atoms with Crippen LogP contribution in [0.1, 0.15) is 22.5 Å². The van der Waals surface area contributed by atoms with E-state index in [4.69, 9.17) is 11.6 Å². The normalized spacial score (nSPS) is 10.5. The number of hydrogen-bond donors (Lipinski definition) is 1. The van der Waals surface area contributed by atoms with E-state index in [0.29, 0.717) is 18.0 Å². The monoisotopic (exact) mass is 384 g/mol. The fourth-order valence-corrected chi connectivity index (χ4v) is 2.76. The number of aromatic nitrogens is 2. The lowest BCUT2D eigenvalue weighted by Crippen LogP contribution is -2.34. The molecule has 138 valence electrons. The van der Waals surface area contributed by atoms with Crippen LogP contribution < -0.4 is 5.32 Å². The van der Waals surface area contributed by atoms with E-state index in [1.807, 2.05) is 57.7 Å². The highest BCUT2D eigenvalue weighted by atomic mass is 35.5. The smallest absolute Gasteiger partial charge is 0.226 e. The third-order valence-corrected chi connectivity index (χ3v) is 4.70. The fraction of sp³-hybridized carbons (Fsp3) is 0.444. The van der Waals surface area contributed by atoms with Gasteiger partial charge in [-0.15, -0.1) is 12.4 Å². The Morgan fingerprint density at radius 1 is 1.32 bits per heavy atom. The number of nitrogens with one attached hydrogen (secondary N) is 1. The molecular weight excluding hydrogens is 359 g/mol. The van der Waals surface area contributed by atoms with E-state index in [1.165, 1.54) is 0 Å². The summed E-state index contributed by atoms with van der Waals surface area (Å²) < 4.78 is 1.86. The molecule has 1 heterocycles. The van der Waals surface area contributed by atoms with E-state index in [1.54, 1.807) is 4.90 Å².